The minimum Gasteiger partial charge on any atom is -0.465 e. The van der Waals surface area contributed by atoms with Crippen LogP contribution in [0.4, 0.5) is 16.2 Å². The van der Waals surface area contributed by atoms with Crippen molar-refractivity contribution in [3.63, 3.8) is 0 Å². The number of carbonyl (C=O) groups excluding carboxylic acids is 2. The van der Waals surface area contributed by atoms with E-state index in [-0.39, 0.29) is 23.4 Å². The summed E-state index contributed by atoms with van der Waals surface area (Å²) >= 11 is 0. The lowest BCUT2D eigenvalue weighted by Gasteiger charge is -2.34. The molecule has 2 rings (SSSR count). The molecule has 1 aliphatic rings. The van der Waals surface area contributed by atoms with Gasteiger partial charge in [0.05, 0.1) is 23.3 Å². The molecule has 1 heterocycles. The summed E-state index contributed by atoms with van der Waals surface area (Å²) in [7, 11) is 1.26. The molecule has 1 aliphatic heterocycles. The molecule has 0 unspecified atom stereocenters. The Bertz CT molecular complexity index is 720. The fourth-order valence-electron chi connectivity index (χ4n) is 2.81. The average molecular weight is 379 g/mol. The van der Waals surface area contributed by atoms with Crippen LogP contribution < -0.4 is 5.32 Å². The number of nitro benzene ring substituents is 1. The Morgan fingerprint density at radius 2 is 1.89 bits per heavy atom. The van der Waals surface area contributed by atoms with Gasteiger partial charge in [-0.3, -0.25) is 10.1 Å². The van der Waals surface area contributed by atoms with Crippen LogP contribution in [-0.4, -0.2) is 53.7 Å². The predicted octanol–water partition coefficient (Wildman–Crippen LogP) is 3.19. The number of likely N-dealkylation sites (tertiary alicyclic amines) is 1. The van der Waals surface area contributed by atoms with Crippen LogP contribution in [0.1, 0.15) is 44.0 Å². The van der Waals surface area contributed by atoms with Gasteiger partial charge in [0.2, 0.25) is 0 Å². The zero-order valence-electron chi connectivity index (χ0n) is 16.0. The molecule has 1 N–H and O–H groups in total. The molecular formula is C18H25N3O6. The van der Waals surface area contributed by atoms with Crippen LogP contribution in [0.2, 0.25) is 0 Å². The van der Waals surface area contributed by atoms with Gasteiger partial charge in [-0.25, -0.2) is 9.59 Å². The van der Waals surface area contributed by atoms with E-state index in [9.17, 15) is 19.7 Å². The molecule has 148 valence electrons. The normalized spacial score (nSPS) is 15.2. The van der Waals surface area contributed by atoms with Gasteiger partial charge in [-0.1, -0.05) is 0 Å². The van der Waals surface area contributed by atoms with E-state index in [1.807, 2.05) is 20.8 Å². The van der Waals surface area contributed by atoms with Crippen LogP contribution in [0.5, 0.6) is 0 Å². The lowest BCUT2D eigenvalue weighted by atomic mass is 10.0. The Hall–Kier alpha value is -2.84. The van der Waals surface area contributed by atoms with Crippen molar-refractivity contribution in [1.29, 1.82) is 0 Å². The highest BCUT2D eigenvalue weighted by Crippen LogP contribution is 2.26. The molecule has 27 heavy (non-hydrogen) atoms. The van der Waals surface area contributed by atoms with E-state index in [2.05, 4.69) is 5.32 Å². The minimum absolute atomic E-state index is 0.0332. The maximum Gasteiger partial charge on any atom is 0.410 e. The molecule has 0 aliphatic carbocycles. The maximum absolute atomic E-state index is 12.1. The Balaban J connectivity index is 2.06. The number of piperidine rings is 1. The summed E-state index contributed by atoms with van der Waals surface area (Å²) in [5.41, 5.74) is -0.0781. The van der Waals surface area contributed by atoms with Gasteiger partial charge in [-0.15, -0.1) is 0 Å². The molecule has 1 aromatic rings. The number of esters is 1. The van der Waals surface area contributed by atoms with Crippen LogP contribution in [0.15, 0.2) is 18.2 Å². The van der Waals surface area contributed by atoms with E-state index in [0.29, 0.717) is 31.6 Å². The van der Waals surface area contributed by atoms with Crippen LogP contribution in [-0.2, 0) is 9.47 Å². The Morgan fingerprint density at radius 1 is 1.26 bits per heavy atom. The van der Waals surface area contributed by atoms with E-state index in [4.69, 9.17) is 9.47 Å². The Labute approximate surface area is 157 Å². The van der Waals surface area contributed by atoms with Crippen molar-refractivity contribution in [2.24, 2.45) is 0 Å². The van der Waals surface area contributed by atoms with Gasteiger partial charge in [0, 0.05) is 31.3 Å². The summed E-state index contributed by atoms with van der Waals surface area (Å²) in [6.45, 7) is 6.44. The monoisotopic (exact) mass is 379 g/mol. The standard InChI is InChI=1S/C18H25N3O6/c1-18(2,3)27-17(23)20-9-7-12(8-10-20)19-15-11-13(21(24)25)5-6-14(15)16(22)26-4/h5-6,11-12,19H,7-10H2,1-4H3. The highest BCUT2D eigenvalue weighted by atomic mass is 16.6. The van der Waals surface area contributed by atoms with Crippen molar-refractivity contribution in [2.45, 2.75) is 45.3 Å². The van der Waals surface area contributed by atoms with Crippen molar-refractivity contribution in [2.75, 3.05) is 25.5 Å². The quantitative estimate of drug-likeness (QED) is 0.486. The number of nitro groups is 1. The molecule has 1 fully saturated rings. The summed E-state index contributed by atoms with van der Waals surface area (Å²) in [4.78, 5) is 36.2. The Morgan fingerprint density at radius 3 is 2.41 bits per heavy atom. The smallest absolute Gasteiger partial charge is 0.410 e. The number of nitrogens with zero attached hydrogens (tertiary/aromatic N) is 2. The van der Waals surface area contributed by atoms with Gasteiger partial charge in [-0.2, -0.15) is 0 Å². The molecular weight excluding hydrogens is 354 g/mol. The molecule has 1 aromatic carbocycles. The number of benzene rings is 1. The number of carbonyl (C=O) groups is 2. The largest absolute Gasteiger partial charge is 0.465 e. The third kappa shape index (κ3) is 5.57. The van der Waals surface area contributed by atoms with Gasteiger partial charge in [0.25, 0.3) is 5.69 Å². The molecule has 1 saturated heterocycles. The van der Waals surface area contributed by atoms with Crippen molar-refractivity contribution in [3.05, 3.63) is 33.9 Å². The van der Waals surface area contributed by atoms with E-state index in [0.717, 1.165) is 0 Å². The summed E-state index contributed by atoms with van der Waals surface area (Å²) in [5.74, 6) is -0.571. The maximum atomic E-state index is 12.1. The molecule has 0 aromatic heterocycles. The molecule has 0 radical (unpaired) electrons. The topological polar surface area (TPSA) is 111 Å². The second kappa shape index (κ2) is 8.24. The molecule has 0 spiro atoms. The zero-order valence-corrected chi connectivity index (χ0v) is 16.0. The van der Waals surface area contributed by atoms with Crippen molar-refractivity contribution >= 4 is 23.4 Å². The number of ether oxygens (including phenoxy) is 2. The van der Waals surface area contributed by atoms with Crippen molar-refractivity contribution in [1.82, 2.24) is 4.90 Å². The third-order valence-electron chi connectivity index (χ3n) is 4.13. The third-order valence-corrected chi connectivity index (χ3v) is 4.13. The van der Waals surface area contributed by atoms with E-state index in [1.54, 1.807) is 4.90 Å². The highest BCUT2D eigenvalue weighted by Gasteiger charge is 2.28. The van der Waals surface area contributed by atoms with Crippen LogP contribution in [0.25, 0.3) is 0 Å². The second-order valence-corrected chi connectivity index (χ2v) is 7.36. The van der Waals surface area contributed by atoms with E-state index in [1.165, 1.54) is 25.3 Å². The molecule has 9 heteroatoms. The summed E-state index contributed by atoms with van der Waals surface area (Å²) < 4.78 is 10.1. The number of rotatable bonds is 4. The average Bonchev–Trinajstić information content (AvgIpc) is 2.60. The molecule has 9 nitrogen and oxygen atoms in total. The van der Waals surface area contributed by atoms with E-state index < -0.39 is 16.5 Å². The first-order valence-corrected chi connectivity index (χ1v) is 8.72. The van der Waals surface area contributed by atoms with Crippen molar-refractivity contribution in [3.8, 4) is 0 Å². The van der Waals surface area contributed by atoms with Gasteiger partial charge < -0.3 is 19.7 Å². The Kier molecular flexibility index (Phi) is 6.24. The number of anilines is 1. The van der Waals surface area contributed by atoms with Crippen molar-refractivity contribution < 1.29 is 24.0 Å². The number of methoxy groups -OCH3 is 1. The SMILES string of the molecule is COC(=O)c1ccc([N+](=O)[O-])cc1NC1CCN(C(=O)OC(C)(C)C)CC1. The second-order valence-electron chi connectivity index (χ2n) is 7.36. The summed E-state index contributed by atoms with van der Waals surface area (Å²) in [5, 5.41) is 14.2. The van der Waals surface area contributed by atoms with Gasteiger partial charge in [0.1, 0.15) is 5.60 Å². The first-order chi connectivity index (χ1) is 12.6. The predicted molar refractivity (Wildman–Crippen MR) is 98.9 cm³/mol. The van der Waals surface area contributed by atoms with Crippen LogP contribution in [0, 0.1) is 10.1 Å². The minimum atomic E-state index is -0.571. The lowest BCUT2D eigenvalue weighted by Crippen LogP contribution is -2.44. The summed E-state index contributed by atoms with van der Waals surface area (Å²) in [6, 6.07) is 3.94. The van der Waals surface area contributed by atoms with Gasteiger partial charge >= 0.3 is 12.1 Å². The zero-order chi connectivity index (χ0) is 20.2. The van der Waals surface area contributed by atoms with Gasteiger partial charge in [0.15, 0.2) is 0 Å². The number of nitrogens with one attached hydrogen (secondary N) is 1. The summed E-state index contributed by atoms with van der Waals surface area (Å²) in [6.07, 6.45) is 0.900. The van der Waals surface area contributed by atoms with Crippen LogP contribution in [0.3, 0.4) is 0 Å². The van der Waals surface area contributed by atoms with Crippen LogP contribution >= 0.6 is 0 Å². The fraction of sp³-hybridized carbons (Fsp3) is 0.556. The molecule has 0 bridgehead atoms. The lowest BCUT2D eigenvalue weighted by molar-refractivity contribution is -0.384. The molecule has 1 amide bonds. The molecule has 0 atom stereocenters. The van der Waals surface area contributed by atoms with E-state index >= 15 is 0 Å². The highest BCUT2D eigenvalue weighted by molar-refractivity contribution is 5.96. The number of non-ortho nitro benzene ring substituents is 1. The fourth-order valence-corrected chi connectivity index (χ4v) is 2.81. The molecule has 0 saturated carbocycles. The first-order valence-electron chi connectivity index (χ1n) is 8.72. The number of amides is 1. The number of hydrogen-bond acceptors (Lipinski definition) is 7. The first kappa shape index (κ1) is 20.5. The number of hydrogen-bond donors (Lipinski definition) is 1. The van der Waals surface area contributed by atoms with Gasteiger partial charge in [-0.05, 0) is 39.7 Å².